The fourth-order valence-electron chi connectivity index (χ4n) is 2.49. The minimum Gasteiger partial charge on any atom is -0.383 e. The van der Waals surface area contributed by atoms with Gasteiger partial charge in [-0.25, -0.2) is 0 Å². The largest absolute Gasteiger partial charge is 0.383 e. The molecule has 1 aliphatic heterocycles. The second-order valence-electron chi connectivity index (χ2n) is 5.12. The molecule has 0 aliphatic carbocycles. The molecule has 0 radical (unpaired) electrons. The topological polar surface area (TPSA) is 24.5 Å². The third kappa shape index (κ3) is 5.40. The summed E-state index contributed by atoms with van der Waals surface area (Å²) in [6.07, 6.45) is 2.58. The van der Waals surface area contributed by atoms with E-state index in [1.54, 1.807) is 18.4 Å². The number of ether oxygens (including phenoxy) is 1. The highest BCUT2D eigenvalue weighted by atomic mass is 35.5. The van der Waals surface area contributed by atoms with E-state index >= 15 is 0 Å². The van der Waals surface area contributed by atoms with Gasteiger partial charge in [0.25, 0.3) is 0 Å². The SMILES string of the molecule is COCCNCC1CCN(Cc2ccc(Cl)s2)CC1. The monoisotopic (exact) mass is 302 g/mol. The third-order valence-corrected chi connectivity index (χ3v) is 4.85. The summed E-state index contributed by atoms with van der Waals surface area (Å²) >= 11 is 7.66. The van der Waals surface area contributed by atoms with E-state index in [9.17, 15) is 0 Å². The van der Waals surface area contributed by atoms with Crippen LogP contribution in [0.15, 0.2) is 12.1 Å². The van der Waals surface area contributed by atoms with Crippen LogP contribution in [-0.4, -0.2) is 44.8 Å². The molecule has 1 saturated heterocycles. The summed E-state index contributed by atoms with van der Waals surface area (Å²) in [5, 5.41) is 3.46. The Morgan fingerprint density at radius 2 is 2.21 bits per heavy atom. The Morgan fingerprint density at radius 1 is 1.42 bits per heavy atom. The van der Waals surface area contributed by atoms with Gasteiger partial charge in [0.05, 0.1) is 10.9 Å². The number of hydrogen-bond donors (Lipinski definition) is 1. The van der Waals surface area contributed by atoms with Crippen molar-refractivity contribution in [3.05, 3.63) is 21.3 Å². The Morgan fingerprint density at radius 3 is 2.84 bits per heavy atom. The second-order valence-corrected chi connectivity index (χ2v) is 6.92. The predicted octanol–water partition coefficient (Wildman–Crippen LogP) is 2.85. The number of thiophene rings is 1. The fraction of sp³-hybridized carbons (Fsp3) is 0.714. The third-order valence-electron chi connectivity index (χ3n) is 3.63. The highest BCUT2D eigenvalue weighted by Gasteiger charge is 2.19. The van der Waals surface area contributed by atoms with Crippen LogP contribution in [-0.2, 0) is 11.3 Å². The lowest BCUT2D eigenvalue weighted by Crippen LogP contribution is -2.37. The quantitative estimate of drug-likeness (QED) is 0.784. The Hall–Kier alpha value is -0.130. The number of methoxy groups -OCH3 is 1. The molecule has 19 heavy (non-hydrogen) atoms. The van der Waals surface area contributed by atoms with Crippen LogP contribution in [0.2, 0.25) is 4.34 Å². The van der Waals surface area contributed by atoms with Crippen molar-refractivity contribution in [1.82, 2.24) is 10.2 Å². The number of nitrogens with zero attached hydrogens (tertiary/aromatic N) is 1. The molecule has 1 aromatic heterocycles. The van der Waals surface area contributed by atoms with Crippen molar-refractivity contribution >= 4 is 22.9 Å². The smallest absolute Gasteiger partial charge is 0.0931 e. The summed E-state index contributed by atoms with van der Waals surface area (Å²) in [6.45, 7) is 6.35. The van der Waals surface area contributed by atoms with Crippen molar-refractivity contribution in [2.45, 2.75) is 19.4 Å². The summed E-state index contributed by atoms with van der Waals surface area (Å²) in [5.74, 6) is 0.819. The van der Waals surface area contributed by atoms with Crippen molar-refractivity contribution in [2.75, 3.05) is 39.9 Å². The van der Waals surface area contributed by atoms with Crippen LogP contribution in [0.3, 0.4) is 0 Å². The molecule has 1 aromatic rings. The molecule has 0 bridgehead atoms. The molecule has 0 spiro atoms. The molecule has 0 aromatic carbocycles. The Balaban J connectivity index is 1.62. The molecular formula is C14H23ClN2OS. The van der Waals surface area contributed by atoms with E-state index in [1.165, 1.54) is 30.8 Å². The molecule has 0 atom stereocenters. The molecule has 1 N–H and O–H groups in total. The van der Waals surface area contributed by atoms with Crippen molar-refractivity contribution in [2.24, 2.45) is 5.92 Å². The van der Waals surface area contributed by atoms with Crippen LogP contribution in [0, 0.1) is 5.92 Å². The molecule has 0 amide bonds. The zero-order valence-electron chi connectivity index (χ0n) is 11.5. The molecule has 0 unspecified atom stereocenters. The van der Waals surface area contributed by atoms with Gasteiger partial charge in [-0.1, -0.05) is 11.6 Å². The molecule has 5 heteroatoms. The van der Waals surface area contributed by atoms with Gasteiger partial charge in [-0.3, -0.25) is 4.90 Å². The number of rotatable bonds is 7. The summed E-state index contributed by atoms with van der Waals surface area (Å²) in [4.78, 5) is 3.91. The predicted molar refractivity (Wildman–Crippen MR) is 82.1 cm³/mol. The number of nitrogens with one attached hydrogen (secondary N) is 1. The molecule has 1 fully saturated rings. The second kappa shape index (κ2) is 8.22. The Bertz CT molecular complexity index is 364. The van der Waals surface area contributed by atoms with Crippen LogP contribution in [0.5, 0.6) is 0 Å². The maximum Gasteiger partial charge on any atom is 0.0931 e. The van der Waals surface area contributed by atoms with Crippen LogP contribution in [0.1, 0.15) is 17.7 Å². The molecular weight excluding hydrogens is 280 g/mol. The van der Waals surface area contributed by atoms with Crippen LogP contribution in [0.4, 0.5) is 0 Å². The Labute approximate surface area is 124 Å². The maximum absolute atomic E-state index is 5.97. The average molecular weight is 303 g/mol. The summed E-state index contributed by atoms with van der Waals surface area (Å²) in [6, 6.07) is 4.14. The van der Waals surface area contributed by atoms with Gasteiger partial charge in [-0.05, 0) is 50.5 Å². The lowest BCUT2D eigenvalue weighted by Gasteiger charge is -2.31. The lowest BCUT2D eigenvalue weighted by molar-refractivity contribution is 0.169. The fourth-order valence-corrected chi connectivity index (χ4v) is 3.62. The Kier molecular flexibility index (Phi) is 6.61. The zero-order valence-corrected chi connectivity index (χ0v) is 13.1. The van der Waals surface area contributed by atoms with Crippen molar-refractivity contribution < 1.29 is 4.74 Å². The zero-order chi connectivity index (χ0) is 13.5. The van der Waals surface area contributed by atoms with E-state index in [4.69, 9.17) is 16.3 Å². The van der Waals surface area contributed by atoms with E-state index in [0.29, 0.717) is 0 Å². The van der Waals surface area contributed by atoms with Gasteiger partial charge < -0.3 is 10.1 Å². The normalized spacial score (nSPS) is 18.0. The van der Waals surface area contributed by atoms with Gasteiger partial charge in [0.1, 0.15) is 0 Å². The average Bonchev–Trinajstić information content (AvgIpc) is 2.82. The van der Waals surface area contributed by atoms with Gasteiger partial charge in [-0.15, -0.1) is 11.3 Å². The minimum absolute atomic E-state index is 0.804. The van der Waals surface area contributed by atoms with E-state index < -0.39 is 0 Å². The van der Waals surface area contributed by atoms with Gasteiger partial charge in [0, 0.05) is 25.1 Å². The minimum atomic E-state index is 0.804. The first-order valence-corrected chi connectivity index (χ1v) is 8.13. The number of halogens is 1. The van der Waals surface area contributed by atoms with Crippen molar-refractivity contribution in [3.63, 3.8) is 0 Å². The molecule has 1 aliphatic rings. The molecule has 0 saturated carbocycles. The summed E-state index contributed by atoms with van der Waals surface area (Å²) < 4.78 is 5.93. The van der Waals surface area contributed by atoms with Crippen molar-refractivity contribution in [1.29, 1.82) is 0 Å². The number of likely N-dealkylation sites (tertiary alicyclic amines) is 1. The highest BCUT2D eigenvalue weighted by Crippen LogP contribution is 2.24. The van der Waals surface area contributed by atoms with E-state index in [1.807, 2.05) is 6.07 Å². The van der Waals surface area contributed by atoms with E-state index in [-0.39, 0.29) is 0 Å². The van der Waals surface area contributed by atoms with Gasteiger partial charge in [0.15, 0.2) is 0 Å². The molecule has 3 nitrogen and oxygen atoms in total. The maximum atomic E-state index is 5.97. The summed E-state index contributed by atoms with van der Waals surface area (Å²) in [7, 11) is 1.75. The van der Waals surface area contributed by atoms with Crippen LogP contribution >= 0.6 is 22.9 Å². The lowest BCUT2D eigenvalue weighted by atomic mass is 9.97. The first-order chi connectivity index (χ1) is 9.28. The highest BCUT2D eigenvalue weighted by molar-refractivity contribution is 7.16. The van der Waals surface area contributed by atoms with E-state index in [0.717, 1.165) is 36.5 Å². The molecule has 2 rings (SSSR count). The van der Waals surface area contributed by atoms with Gasteiger partial charge in [-0.2, -0.15) is 0 Å². The molecule has 108 valence electrons. The van der Waals surface area contributed by atoms with Crippen LogP contribution in [0.25, 0.3) is 0 Å². The standard InChI is InChI=1S/C14H23ClN2OS/c1-18-9-6-16-10-12-4-7-17(8-5-12)11-13-2-3-14(15)19-13/h2-3,12,16H,4-11H2,1H3. The summed E-state index contributed by atoms with van der Waals surface area (Å²) in [5.41, 5.74) is 0. The van der Waals surface area contributed by atoms with Crippen molar-refractivity contribution in [3.8, 4) is 0 Å². The first-order valence-electron chi connectivity index (χ1n) is 6.94. The van der Waals surface area contributed by atoms with Gasteiger partial charge in [0.2, 0.25) is 0 Å². The van der Waals surface area contributed by atoms with Crippen LogP contribution < -0.4 is 5.32 Å². The number of hydrogen-bond acceptors (Lipinski definition) is 4. The van der Waals surface area contributed by atoms with E-state index in [2.05, 4.69) is 16.3 Å². The number of piperidine rings is 1. The molecule has 2 heterocycles. The van der Waals surface area contributed by atoms with Gasteiger partial charge >= 0.3 is 0 Å². The first kappa shape index (κ1) is 15.3.